The molecule has 2 unspecified atom stereocenters. The minimum absolute atomic E-state index is 0.173. The molecule has 3 aliphatic rings. The van der Waals surface area contributed by atoms with Crippen LogP contribution in [0.4, 0.5) is 0 Å². The quantitative estimate of drug-likeness (QED) is 0.546. The molecule has 6 nitrogen and oxygen atoms in total. The van der Waals surface area contributed by atoms with E-state index in [0.717, 1.165) is 69.8 Å². The third-order valence-electron chi connectivity index (χ3n) is 8.86. The summed E-state index contributed by atoms with van der Waals surface area (Å²) in [4.78, 5) is 22.7. The predicted octanol–water partition coefficient (Wildman–Crippen LogP) is 4.44. The number of carbonyl (C=O) groups is 1. The van der Waals surface area contributed by atoms with Gasteiger partial charge in [0.15, 0.2) is 0 Å². The van der Waals surface area contributed by atoms with Crippen LogP contribution in [0.2, 0.25) is 0 Å². The number of aliphatic hydroxyl groups excluding tert-OH is 1. The second-order valence-corrected chi connectivity index (χ2v) is 11.3. The first-order chi connectivity index (χ1) is 18.0. The third-order valence-corrected chi connectivity index (χ3v) is 8.86. The first kappa shape index (κ1) is 24.4. The Labute approximate surface area is 219 Å². The molecule has 6 rings (SSSR count). The van der Waals surface area contributed by atoms with E-state index in [2.05, 4.69) is 76.0 Å². The summed E-state index contributed by atoms with van der Waals surface area (Å²) in [5, 5.41) is 10.00. The average molecular weight is 499 g/mol. The number of hydrogen-bond donors (Lipinski definition) is 1. The summed E-state index contributed by atoms with van der Waals surface area (Å²) >= 11 is 0. The number of hydrogen-bond acceptors (Lipinski definition) is 4. The molecule has 2 saturated heterocycles. The van der Waals surface area contributed by atoms with Crippen molar-refractivity contribution in [2.45, 2.75) is 57.1 Å². The van der Waals surface area contributed by atoms with E-state index in [-0.39, 0.29) is 12.0 Å². The summed E-state index contributed by atoms with van der Waals surface area (Å²) in [5.41, 5.74) is 4.40. The molecule has 0 saturated carbocycles. The van der Waals surface area contributed by atoms with Crippen LogP contribution in [0.1, 0.15) is 55.2 Å². The summed E-state index contributed by atoms with van der Waals surface area (Å²) < 4.78 is 2.29. The van der Waals surface area contributed by atoms with Crippen molar-refractivity contribution in [1.29, 1.82) is 0 Å². The van der Waals surface area contributed by atoms with Crippen LogP contribution in [-0.4, -0.2) is 69.2 Å². The molecule has 2 atom stereocenters. The highest BCUT2D eigenvalue weighted by atomic mass is 16.3. The maximum Gasteiger partial charge on any atom is 0.222 e. The number of nitrogens with zero attached hydrogens (tertiary/aromatic N) is 4. The molecule has 0 radical (unpaired) electrons. The topological polar surface area (TPSA) is 61.6 Å². The molecule has 3 aromatic rings. The van der Waals surface area contributed by atoms with Gasteiger partial charge < -0.3 is 19.5 Å². The van der Waals surface area contributed by atoms with Gasteiger partial charge in [-0.3, -0.25) is 4.79 Å². The fourth-order valence-electron chi connectivity index (χ4n) is 6.88. The molecule has 4 heterocycles. The molecule has 1 N–H and O–H groups in total. The smallest absolute Gasteiger partial charge is 0.222 e. The number of piperidine rings is 2. The number of fused-ring (bicyclic) bond motifs is 3. The molecule has 2 fully saturated rings. The van der Waals surface area contributed by atoms with E-state index in [1.54, 1.807) is 0 Å². The van der Waals surface area contributed by atoms with Gasteiger partial charge in [-0.15, -0.1) is 0 Å². The number of carbonyl (C=O) groups excluding carboxylic acids is 1. The van der Waals surface area contributed by atoms with Gasteiger partial charge in [0.1, 0.15) is 5.82 Å². The molecule has 0 aliphatic carbocycles. The number of amides is 1. The van der Waals surface area contributed by atoms with Crippen LogP contribution >= 0.6 is 0 Å². The number of imidazole rings is 1. The van der Waals surface area contributed by atoms with Crippen LogP contribution in [0.15, 0.2) is 60.9 Å². The first-order valence-corrected chi connectivity index (χ1v) is 13.9. The third kappa shape index (κ3) is 4.51. The van der Waals surface area contributed by atoms with Crippen molar-refractivity contribution >= 4 is 5.91 Å². The number of benzene rings is 2. The van der Waals surface area contributed by atoms with Gasteiger partial charge >= 0.3 is 0 Å². The van der Waals surface area contributed by atoms with Gasteiger partial charge in [-0.05, 0) is 62.6 Å². The SMILES string of the molecule is Cc1ccc(C2(CCC(=O)N3CCC(CN4CCCC(O)C4)CC3)c3ccccc3-c3nccn32)cc1. The molecule has 37 heavy (non-hydrogen) atoms. The number of aryl methyl sites for hydroxylation is 1. The van der Waals surface area contributed by atoms with Gasteiger partial charge in [-0.25, -0.2) is 4.98 Å². The fraction of sp³-hybridized carbons (Fsp3) is 0.484. The highest BCUT2D eigenvalue weighted by molar-refractivity contribution is 5.77. The Hall–Kier alpha value is -2.96. The molecule has 194 valence electrons. The zero-order valence-electron chi connectivity index (χ0n) is 21.9. The maximum atomic E-state index is 13.5. The summed E-state index contributed by atoms with van der Waals surface area (Å²) in [7, 11) is 0. The minimum atomic E-state index is -0.431. The van der Waals surface area contributed by atoms with Crippen LogP contribution in [0.5, 0.6) is 0 Å². The zero-order valence-corrected chi connectivity index (χ0v) is 21.9. The summed E-state index contributed by atoms with van der Waals surface area (Å²) in [6, 6.07) is 17.3. The van der Waals surface area contributed by atoms with Crippen LogP contribution in [0, 0.1) is 12.8 Å². The molecule has 0 bridgehead atoms. The van der Waals surface area contributed by atoms with E-state index >= 15 is 0 Å². The van der Waals surface area contributed by atoms with Crippen LogP contribution in [-0.2, 0) is 10.3 Å². The lowest BCUT2D eigenvalue weighted by molar-refractivity contribution is -0.133. The molecular weight excluding hydrogens is 460 g/mol. The van der Waals surface area contributed by atoms with Crippen molar-refractivity contribution in [1.82, 2.24) is 19.4 Å². The Morgan fingerprint density at radius 2 is 1.84 bits per heavy atom. The first-order valence-electron chi connectivity index (χ1n) is 13.9. The lowest BCUT2D eigenvalue weighted by atomic mass is 9.79. The van der Waals surface area contributed by atoms with E-state index in [0.29, 0.717) is 18.8 Å². The van der Waals surface area contributed by atoms with Gasteiger partial charge in [-0.2, -0.15) is 0 Å². The number of likely N-dealkylation sites (tertiary alicyclic amines) is 2. The largest absolute Gasteiger partial charge is 0.392 e. The van der Waals surface area contributed by atoms with Crippen molar-refractivity contribution in [2.24, 2.45) is 5.92 Å². The van der Waals surface area contributed by atoms with Crippen LogP contribution < -0.4 is 0 Å². The standard InChI is InChI=1S/C31H38N4O2/c1-23-8-10-25(11-9-23)31(28-7-3-2-6-27(28)30-32-16-20-35(30)31)15-12-29(37)34-18-13-24(14-19-34)21-33-17-4-5-26(36)22-33/h2-3,6-11,16,20,24,26,36H,4-5,12-15,17-19,21-22H2,1H3. The molecule has 3 aliphatic heterocycles. The normalized spacial score (nSPS) is 24.2. The van der Waals surface area contributed by atoms with Gasteiger partial charge in [0.2, 0.25) is 5.91 Å². The minimum Gasteiger partial charge on any atom is -0.392 e. The second kappa shape index (κ2) is 10.1. The highest BCUT2D eigenvalue weighted by Crippen LogP contribution is 2.49. The van der Waals surface area contributed by atoms with E-state index in [4.69, 9.17) is 4.98 Å². The molecule has 1 aromatic heterocycles. The lowest BCUT2D eigenvalue weighted by Gasteiger charge is -2.38. The van der Waals surface area contributed by atoms with Crippen molar-refractivity contribution in [3.8, 4) is 11.4 Å². The highest BCUT2D eigenvalue weighted by Gasteiger charge is 2.45. The van der Waals surface area contributed by atoms with Gasteiger partial charge in [0.25, 0.3) is 0 Å². The number of aliphatic hydroxyl groups is 1. The molecule has 6 heteroatoms. The van der Waals surface area contributed by atoms with Crippen molar-refractivity contribution in [3.63, 3.8) is 0 Å². The van der Waals surface area contributed by atoms with E-state index in [1.165, 1.54) is 16.7 Å². The Bertz CT molecular complexity index is 1240. The van der Waals surface area contributed by atoms with Crippen molar-refractivity contribution in [2.75, 3.05) is 32.7 Å². The molecule has 0 spiro atoms. The van der Waals surface area contributed by atoms with Gasteiger partial charge in [0, 0.05) is 50.6 Å². The number of β-amino-alcohol motifs (C(OH)–C–C–N with tert-alkyl or cyclic N) is 1. The fourth-order valence-corrected chi connectivity index (χ4v) is 6.88. The zero-order chi connectivity index (χ0) is 25.4. The van der Waals surface area contributed by atoms with E-state index in [1.807, 2.05) is 6.20 Å². The van der Waals surface area contributed by atoms with Crippen LogP contribution in [0.3, 0.4) is 0 Å². The molecule has 2 aromatic carbocycles. The molecular formula is C31H38N4O2. The Morgan fingerprint density at radius 3 is 2.62 bits per heavy atom. The van der Waals surface area contributed by atoms with E-state index < -0.39 is 5.54 Å². The monoisotopic (exact) mass is 498 g/mol. The number of aromatic nitrogens is 2. The van der Waals surface area contributed by atoms with Crippen molar-refractivity contribution in [3.05, 3.63) is 77.6 Å². The molecule has 1 amide bonds. The van der Waals surface area contributed by atoms with E-state index in [9.17, 15) is 9.90 Å². The Kier molecular flexibility index (Phi) is 6.63. The van der Waals surface area contributed by atoms with Crippen LogP contribution in [0.25, 0.3) is 11.4 Å². The second-order valence-electron chi connectivity index (χ2n) is 11.3. The van der Waals surface area contributed by atoms with Gasteiger partial charge in [-0.1, -0.05) is 54.1 Å². The number of rotatable bonds is 6. The van der Waals surface area contributed by atoms with Crippen molar-refractivity contribution < 1.29 is 9.90 Å². The van der Waals surface area contributed by atoms with Gasteiger partial charge in [0.05, 0.1) is 11.6 Å². The summed E-state index contributed by atoms with van der Waals surface area (Å²) in [6.45, 7) is 6.74. The Morgan fingerprint density at radius 1 is 1.05 bits per heavy atom. The summed E-state index contributed by atoms with van der Waals surface area (Å²) in [5.74, 6) is 1.85. The Balaban J connectivity index is 1.18. The lowest BCUT2D eigenvalue weighted by Crippen LogP contribution is -2.45. The average Bonchev–Trinajstić information content (AvgIpc) is 3.50. The maximum absolute atomic E-state index is 13.5. The predicted molar refractivity (Wildman–Crippen MR) is 145 cm³/mol. The summed E-state index contributed by atoms with van der Waals surface area (Å²) in [6.07, 6.45) is 9.11.